The van der Waals surface area contributed by atoms with Crippen LogP contribution in [0.3, 0.4) is 0 Å². The first kappa shape index (κ1) is 16.5. The molecule has 1 fully saturated rings. The number of piperazine rings is 1. The Labute approximate surface area is 131 Å². The van der Waals surface area contributed by atoms with Crippen LogP contribution < -0.4 is 0 Å². The number of quaternary nitrogens is 1. The number of nitrogens with zero attached hydrogens (tertiary/aromatic N) is 2. The summed E-state index contributed by atoms with van der Waals surface area (Å²) in [7, 11) is 0. The second kappa shape index (κ2) is 8.55. The summed E-state index contributed by atoms with van der Waals surface area (Å²) >= 11 is 0. The molecule has 0 radical (unpaired) electrons. The van der Waals surface area contributed by atoms with Crippen LogP contribution in [0.15, 0.2) is 30.3 Å². The van der Waals surface area contributed by atoms with Gasteiger partial charge in [-0.25, -0.2) is 0 Å². The van der Waals surface area contributed by atoms with Crippen LogP contribution >= 0.6 is 0 Å². The molecule has 0 N–H and O–H groups in total. The van der Waals surface area contributed by atoms with Crippen molar-refractivity contribution in [3.05, 3.63) is 35.9 Å². The molecule has 1 saturated heterocycles. The number of rotatable bonds is 8. The molecule has 21 heavy (non-hydrogen) atoms. The number of hydrogen-bond acceptors (Lipinski definition) is 1. The van der Waals surface area contributed by atoms with E-state index in [1.165, 1.54) is 81.5 Å². The molecule has 2 rings (SSSR count). The van der Waals surface area contributed by atoms with Crippen LogP contribution in [-0.4, -0.2) is 48.7 Å². The van der Waals surface area contributed by atoms with Crippen LogP contribution in [0.25, 0.3) is 0 Å². The van der Waals surface area contributed by atoms with Gasteiger partial charge in [0, 0.05) is 18.7 Å². The Balaban J connectivity index is 1.95. The third kappa shape index (κ3) is 5.12. The van der Waals surface area contributed by atoms with Crippen LogP contribution in [0.5, 0.6) is 0 Å². The van der Waals surface area contributed by atoms with E-state index in [9.17, 15) is 0 Å². The first-order chi connectivity index (χ1) is 10.3. The maximum Gasteiger partial charge on any atom is 0.104 e. The fourth-order valence-electron chi connectivity index (χ4n) is 3.46. The van der Waals surface area contributed by atoms with E-state index >= 15 is 0 Å². The van der Waals surface area contributed by atoms with E-state index in [-0.39, 0.29) is 0 Å². The molecular weight excluding hydrogens is 256 g/mol. The third-order valence-electron chi connectivity index (χ3n) is 4.96. The fraction of sp³-hybridized carbons (Fsp3) is 0.684. The summed E-state index contributed by atoms with van der Waals surface area (Å²) in [6, 6.07) is 11.1. The van der Waals surface area contributed by atoms with Crippen molar-refractivity contribution in [1.29, 1.82) is 0 Å². The van der Waals surface area contributed by atoms with Gasteiger partial charge in [-0.3, -0.25) is 4.90 Å². The van der Waals surface area contributed by atoms with Crippen LogP contribution in [-0.2, 0) is 6.54 Å². The standard InChI is InChI=1S/C19H33N2/c1-3-5-12-20-13-16-21(17-14-20,15-6-4-2)18-19-10-8-7-9-11-19/h7-11H,3-6,12-18H2,1-2H3/q+1. The predicted octanol–water partition coefficient (Wildman–Crippen LogP) is 3.92. The highest BCUT2D eigenvalue weighted by atomic mass is 15.4. The molecule has 0 saturated carbocycles. The minimum Gasteiger partial charge on any atom is -0.318 e. The molecule has 1 aromatic carbocycles. The van der Waals surface area contributed by atoms with E-state index in [0.29, 0.717) is 0 Å². The second-order valence-corrected chi connectivity index (χ2v) is 6.70. The van der Waals surface area contributed by atoms with Gasteiger partial charge in [0.2, 0.25) is 0 Å². The molecule has 0 amide bonds. The van der Waals surface area contributed by atoms with Crippen molar-refractivity contribution in [3.63, 3.8) is 0 Å². The fourth-order valence-corrected chi connectivity index (χ4v) is 3.46. The Morgan fingerprint density at radius 1 is 0.952 bits per heavy atom. The minimum absolute atomic E-state index is 1.22. The third-order valence-corrected chi connectivity index (χ3v) is 4.96. The van der Waals surface area contributed by atoms with Gasteiger partial charge in [-0.2, -0.15) is 0 Å². The SMILES string of the molecule is CCCCN1CC[N+](CCCC)(Cc2ccccc2)CC1. The lowest BCUT2D eigenvalue weighted by Crippen LogP contribution is -2.59. The summed E-state index contributed by atoms with van der Waals surface area (Å²) in [6.45, 7) is 13.7. The molecule has 1 aliphatic heterocycles. The minimum atomic E-state index is 1.22. The van der Waals surface area contributed by atoms with E-state index < -0.39 is 0 Å². The summed E-state index contributed by atoms with van der Waals surface area (Å²) in [5.41, 5.74) is 1.51. The zero-order valence-electron chi connectivity index (χ0n) is 14.1. The van der Waals surface area contributed by atoms with Crippen LogP contribution in [0.2, 0.25) is 0 Å². The van der Waals surface area contributed by atoms with Crippen LogP contribution in [0.4, 0.5) is 0 Å². The largest absolute Gasteiger partial charge is 0.318 e. The lowest BCUT2D eigenvalue weighted by Gasteiger charge is -2.45. The monoisotopic (exact) mass is 289 g/mol. The van der Waals surface area contributed by atoms with Crippen LogP contribution in [0, 0.1) is 0 Å². The summed E-state index contributed by atoms with van der Waals surface area (Å²) in [4.78, 5) is 2.68. The van der Waals surface area contributed by atoms with E-state index in [1.54, 1.807) is 0 Å². The van der Waals surface area contributed by atoms with E-state index in [2.05, 4.69) is 49.1 Å². The van der Waals surface area contributed by atoms with Gasteiger partial charge in [-0.15, -0.1) is 0 Å². The predicted molar refractivity (Wildman–Crippen MR) is 91.3 cm³/mol. The van der Waals surface area contributed by atoms with Gasteiger partial charge in [-0.05, 0) is 19.4 Å². The Bertz CT molecular complexity index is 380. The first-order valence-corrected chi connectivity index (χ1v) is 8.89. The zero-order valence-corrected chi connectivity index (χ0v) is 14.1. The van der Waals surface area contributed by atoms with Crippen LogP contribution in [0.1, 0.15) is 45.1 Å². The first-order valence-electron chi connectivity index (χ1n) is 8.89. The average molecular weight is 289 g/mol. The van der Waals surface area contributed by atoms with Crippen molar-refractivity contribution >= 4 is 0 Å². The molecule has 0 unspecified atom stereocenters. The Morgan fingerprint density at radius 3 is 2.24 bits per heavy atom. The number of hydrogen-bond donors (Lipinski definition) is 0. The van der Waals surface area contributed by atoms with Gasteiger partial charge in [0.05, 0.1) is 19.6 Å². The molecule has 2 heteroatoms. The van der Waals surface area contributed by atoms with E-state index in [1.807, 2.05) is 0 Å². The Kier molecular flexibility index (Phi) is 6.72. The quantitative estimate of drug-likeness (QED) is 0.656. The molecule has 1 aromatic rings. The molecule has 1 aliphatic rings. The summed E-state index contributed by atoms with van der Waals surface area (Å²) in [5, 5.41) is 0. The van der Waals surface area contributed by atoms with E-state index in [4.69, 9.17) is 0 Å². The van der Waals surface area contributed by atoms with Crippen molar-refractivity contribution in [1.82, 2.24) is 4.90 Å². The van der Waals surface area contributed by atoms with Gasteiger partial charge in [-0.1, -0.05) is 57.0 Å². The van der Waals surface area contributed by atoms with Crippen molar-refractivity contribution in [2.75, 3.05) is 39.3 Å². The Hall–Kier alpha value is -0.860. The van der Waals surface area contributed by atoms with Crippen molar-refractivity contribution < 1.29 is 4.48 Å². The molecule has 118 valence electrons. The van der Waals surface area contributed by atoms with E-state index in [0.717, 1.165) is 0 Å². The number of unbranched alkanes of at least 4 members (excludes halogenated alkanes) is 2. The number of benzene rings is 1. The maximum atomic E-state index is 2.68. The van der Waals surface area contributed by atoms with Gasteiger partial charge in [0.15, 0.2) is 0 Å². The molecule has 2 nitrogen and oxygen atoms in total. The summed E-state index contributed by atoms with van der Waals surface area (Å²) in [6.07, 6.45) is 5.35. The lowest BCUT2D eigenvalue weighted by atomic mass is 10.1. The van der Waals surface area contributed by atoms with Gasteiger partial charge >= 0.3 is 0 Å². The second-order valence-electron chi connectivity index (χ2n) is 6.70. The highest BCUT2D eigenvalue weighted by Crippen LogP contribution is 2.20. The molecule has 0 spiro atoms. The van der Waals surface area contributed by atoms with Crippen molar-refractivity contribution in [2.45, 2.75) is 46.1 Å². The van der Waals surface area contributed by atoms with Gasteiger partial charge in [0.25, 0.3) is 0 Å². The molecule has 0 bridgehead atoms. The molecule has 1 heterocycles. The highest BCUT2D eigenvalue weighted by molar-refractivity contribution is 5.13. The zero-order chi connectivity index (χ0) is 15.0. The summed E-state index contributed by atoms with van der Waals surface area (Å²) in [5.74, 6) is 0. The molecule has 0 aromatic heterocycles. The Morgan fingerprint density at radius 2 is 1.62 bits per heavy atom. The van der Waals surface area contributed by atoms with Crippen molar-refractivity contribution in [2.24, 2.45) is 0 Å². The van der Waals surface area contributed by atoms with Crippen molar-refractivity contribution in [3.8, 4) is 0 Å². The van der Waals surface area contributed by atoms with Gasteiger partial charge in [0.1, 0.15) is 6.54 Å². The highest BCUT2D eigenvalue weighted by Gasteiger charge is 2.32. The lowest BCUT2D eigenvalue weighted by molar-refractivity contribution is -0.944. The average Bonchev–Trinajstić information content (AvgIpc) is 2.53. The van der Waals surface area contributed by atoms with Gasteiger partial charge < -0.3 is 4.48 Å². The maximum absolute atomic E-state index is 2.68. The molecular formula is C19H33N2+. The smallest absolute Gasteiger partial charge is 0.104 e. The molecule has 0 atom stereocenters. The molecule has 0 aliphatic carbocycles. The topological polar surface area (TPSA) is 3.24 Å². The normalized spacial score (nSPS) is 18.8. The summed E-state index contributed by atoms with van der Waals surface area (Å²) < 4.78 is 1.31.